The topological polar surface area (TPSA) is 69.8 Å². The quantitative estimate of drug-likeness (QED) is 0.530. The van der Waals surface area contributed by atoms with Crippen LogP contribution in [0.1, 0.15) is 17.5 Å². The second-order valence-corrected chi connectivity index (χ2v) is 8.68. The van der Waals surface area contributed by atoms with Gasteiger partial charge in [-0.15, -0.1) is 0 Å². The molecule has 1 aromatic heterocycles. The van der Waals surface area contributed by atoms with E-state index in [1.807, 2.05) is 62.3 Å². The summed E-state index contributed by atoms with van der Waals surface area (Å²) in [6.45, 7) is 4.32. The predicted octanol–water partition coefficient (Wildman–Crippen LogP) is 3.72. The molecule has 0 fully saturated rings. The number of thiocarbonyl (C=S) groups is 1. The van der Waals surface area contributed by atoms with Crippen LogP contribution in [0.5, 0.6) is 11.5 Å². The Morgan fingerprint density at radius 3 is 2.53 bits per heavy atom. The standard InChI is InChI=1S/C24H28N4O3S/c1-16-5-7-19(8-6-16)25-24(32)28(10-4-9-27(2)3)14-18-11-17-12-21-22(31-15-30-21)13-20(17)26-23(18)29/h5-8,11-13H,4,9-10,14-15H2,1-3H3,(H,25,32)(H,26,29). The van der Waals surface area contributed by atoms with Gasteiger partial charge in [-0.05, 0) is 70.5 Å². The predicted molar refractivity (Wildman–Crippen MR) is 132 cm³/mol. The molecule has 0 saturated heterocycles. The largest absolute Gasteiger partial charge is 0.454 e. The minimum atomic E-state index is -0.132. The zero-order valence-electron chi connectivity index (χ0n) is 18.6. The van der Waals surface area contributed by atoms with Crippen molar-refractivity contribution in [3.05, 3.63) is 63.9 Å². The Morgan fingerprint density at radius 1 is 1.09 bits per heavy atom. The molecule has 2 N–H and O–H groups in total. The van der Waals surface area contributed by atoms with Gasteiger partial charge in [0.25, 0.3) is 5.56 Å². The van der Waals surface area contributed by atoms with Crippen molar-refractivity contribution in [3.63, 3.8) is 0 Å². The number of nitrogens with one attached hydrogen (secondary N) is 2. The normalized spacial score (nSPS) is 12.4. The summed E-state index contributed by atoms with van der Waals surface area (Å²) >= 11 is 5.73. The summed E-state index contributed by atoms with van der Waals surface area (Å²) < 4.78 is 10.9. The summed E-state index contributed by atoms with van der Waals surface area (Å²) in [4.78, 5) is 20.0. The molecular formula is C24H28N4O3S. The molecule has 168 valence electrons. The fraction of sp³-hybridized carbons (Fsp3) is 0.333. The van der Waals surface area contributed by atoms with Crippen LogP contribution in [0.4, 0.5) is 5.69 Å². The van der Waals surface area contributed by atoms with Crippen LogP contribution in [0, 0.1) is 6.92 Å². The number of rotatable bonds is 7. The van der Waals surface area contributed by atoms with Crippen molar-refractivity contribution < 1.29 is 9.47 Å². The van der Waals surface area contributed by atoms with E-state index in [4.69, 9.17) is 21.7 Å². The highest BCUT2D eigenvalue weighted by Crippen LogP contribution is 2.35. The summed E-state index contributed by atoms with van der Waals surface area (Å²) in [5.74, 6) is 1.34. The number of aromatic amines is 1. The number of anilines is 1. The third kappa shape index (κ3) is 5.20. The molecule has 0 amide bonds. The molecule has 8 heteroatoms. The maximum absolute atomic E-state index is 12.8. The molecule has 0 unspecified atom stereocenters. The van der Waals surface area contributed by atoms with Gasteiger partial charge in [-0.3, -0.25) is 4.79 Å². The first-order valence-electron chi connectivity index (χ1n) is 10.6. The van der Waals surface area contributed by atoms with Crippen molar-refractivity contribution in [2.45, 2.75) is 19.9 Å². The van der Waals surface area contributed by atoms with Gasteiger partial charge in [0.1, 0.15) is 0 Å². The Labute approximate surface area is 192 Å². The maximum Gasteiger partial charge on any atom is 0.253 e. The zero-order valence-corrected chi connectivity index (χ0v) is 19.4. The molecule has 2 aromatic carbocycles. The number of benzene rings is 2. The van der Waals surface area contributed by atoms with Crippen molar-refractivity contribution in [3.8, 4) is 11.5 Å². The molecule has 0 atom stereocenters. The first-order valence-corrected chi connectivity index (χ1v) is 11.0. The van der Waals surface area contributed by atoms with E-state index in [2.05, 4.69) is 15.2 Å². The van der Waals surface area contributed by atoms with Crippen LogP contribution in [0.3, 0.4) is 0 Å². The molecule has 7 nitrogen and oxygen atoms in total. The van der Waals surface area contributed by atoms with Crippen LogP contribution >= 0.6 is 12.2 Å². The second-order valence-electron chi connectivity index (χ2n) is 8.29. The monoisotopic (exact) mass is 452 g/mol. The summed E-state index contributed by atoms with van der Waals surface area (Å²) in [6, 6.07) is 13.7. The number of ether oxygens (including phenoxy) is 2. The lowest BCUT2D eigenvalue weighted by atomic mass is 10.1. The highest BCUT2D eigenvalue weighted by Gasteiger charge is 2.17. The van der Waals surface area contributed by atoms with Gasteiger partial charge >= 0.3 is 0 Å². The van der Waals surface area contributed by atoms with E-state index >= 15 is 0 Å². The fourth-order valence-corrected chi connectivity index (χ4v) is 3.91. The lowest BCUT2D eigenvalue weighted by molar-refractivity contribution is 0.174. The van der Waals surface area contributed by atoms with E-state index in [9.17, 15) is 4.79 Å². The van der Waals surface area contributed by atoms with Gasteiger partial charge in [0, 0.05) is 29.2 Å². The van der Waals surface area contributed by atoms with Gasteiger partial charge in [0.2, 0.25) is 6.79 Å². The van der Waals surface area contributed by atoms with Crippen LogP contribution in [0.25, 0.3) is 10.9 Å². The third-order valence-electron chi connectivity index (χ3n) is 5.40. The molecule has 0 bridgehead atoms. The Morgan fingerprint density at radius 2 is 1.81 bits per heavy atom. The maximum atomic E-state index is 12.8. The van der Waals surface area contributed by atoms with Crippen molar-refractivity contribution in [2.75, 3.05) is 39.3 Å². The molecule has 0 radical (unpaired) electrons. The van der Waals surface area contributed by atoms with Gasteiger partial charge in [0.15, 0.2) is 16.6 Å². The smallest absolute Gasteiger partial charge is 0.253 e. The Balaban J connectivity index is 1.57. The van der Waals surface area contributed by atoms with Crippen LogP contribution in [0.15, 0.2) is 47.3 Å². The van der Waals surface area contributed by atoms with Gasteiger partial charge < -0.3 is 29.6 Å². The van der Waals surface area contributed by atoms with E-state index in [0.717, 1.165) is 36.1 Å². The average Bonchev–Trinajstić information content (AvgIpc) is 3.20. The first-order chi connectivity index (χ1) is 15.4. The number of aromatic nitrogens is 1. The SMILES string of the molecule is Cc1ccc(NC(=S)N(CCCN(C)C)Cc2cc3cc4c(cc3[nH]c2=O)OCO4)cc1. The number of hydrogen-bond donors (Lipinski definition) is 2. The number of nitrogens with zero attached hydrogens (tertiary/aromatic N) is 2. The lowest BCUT2D eigenvalue weighted by Crippen LogP contribution is -2.37. The van der Waals surface area contributed by atoms with Gasteiger partial charge in [-0.2, -0.15) is 0 Å². The zero-order chi connectivity index (χ0) is 22.7. The van der Waals surface area contributed by atoms with E-state index in [1.54, 1.807) is 6.07 Å². The average molecular weight is 453 g/mol. The summed E-state index contributed by atoms with van der Waals surface area (Å²) in [6.07, 6.45) is 0.924. The third-order valence-corrected chi connectivity index (χ3v) is 5.76. The number of aryl methyl sites for hydroxylation is 1. The number of hydrogen-bond acceptors (Lipinski definition) is 5. The van der Waals surface area contributed by atoms with E-state index in [0.29, 0.717) is 28.7 Å². The van der Waals surface area contributed by atoms with Crippen molar-refractivity contribution in [1.82, 2.24) is 14.8 Å². The van der Waals surface area contributed by atoms with Gasteiger partial charge in [0.05, 0.1) is 12.1 Å². The van der Waals surface area contributed by atoms with Crippen LogP contribution in [0.2, 0.25) is 0 Å². The molecule has 32 heavy (non-hydrogen) atoms. The molecule has 4 rings (SSSR count). The van der Waals surface area contributed by atoms with Gasteiger partial charge in [-0.25, -0.2) is 0 Å². The fourth-order valence-electron chi connectivity index (χ4n) is 3.63. The van der Waals surface area contributed by atoms with E-state index in [1.165, 1.54) is 5.56 Å². The summed E-state index contributed by atoms with van der Waals surface area (Å²) in [7, 11) is 4.09. The minimum absolute atomic E-state index is 0.132. The number of fused-ring (bicyclic) bond motifs is 2. The first kappa shape index (κ1) is 22.1. The highest BCUT2D eigenvalue weighted by molar-refractivity contribution is 7.80. The number of pyridine rings is 1. The molecular weight excluding hydrogens is 424 g/mol. The second kappa shape index (κ2) is 9.58. The van der Waals surface area contributed by atoms with Crippen molar-refractivity contribution in [2.24, 2.45) is 0 Å². The van der Waals surface area contributed by atoms with Crippen molar-refractivity contribution in [1.29, 1.82) is 0 Å². The molecule has 0 aliphatic carbocycles. The molecule has 0 spiro atoms. The molecule has 3 aromatic rings. The minimum Gasteiger partial charge on any atom is -0.454 e. The summed E-state index contributed by atoms with van der Waals surface area (Å²) in [5, 5.41) is 4.81. The van der Waals surface area contributed by atoms with Crippen LogP contribution in [-0.4, -0.2) is 53.9 Å². The van der Waals surface area contributed by atoms with Crippen molar-refractivity contribution >= 4 is 33.9 Å². The van der Waals surface area contributed by atoms with Crippen LogP contribution in [-0.2, 0) is 6.54 Å². The molecule has 1 aliphatic rings. The molecule has 0 saturated carbocycles. The number of H-pyrrole nitrogens is 1. The van der Waals surface area contributed by atoms with E-state index < -0.39 is 0 Å². The molecule has 1 aliphatic heterocycles. The Hall–Kier alpha value is -3.10. The van der Waals surface area contributed by atoms with E-state index in [-0.39, 0.29) is 12.4 Å². The lowest BCUT2D eigenvalue weighted by Gasteiger charge is -2.26. The Kier molecular flexibility index (Phi) is 6.62. The summed E-state index contributed by atoms with van der Waals surface area (Å²) in [5.41, 5.74) is 3.36. The molecule has 2 heterocycles. The highest BCUT2D eigenvalue weighted by atomic mass is 32.1. The van der Waals surface area contributed by atoms with Crippen LogP contribution < -0.4 is 20.3 Å². The van der Waals surface area contributed by atoms with Gasteiger partial charge in [-0.1, -0.05) is 17.7 Å². The Bertz CT molecular complexity index is 1170.